The molecule has 0 aliphatic carbocycles. The molecule has 3 N–H and O–H groups in total. The van der Waals surface area contributed by atoms with Crippen LogP contribution in [0.1, 0.15) is 19.8 Å². The van der Waals surface area contributed by atoms with Crippen LogP contribution >= 0.6 is 11.6 Å². The van der Waals surface area contributed by atoms with E-state index in [4.69, 9.17) is 17.4 Å². The maximum atomic E-state index is 11.2. The molecule has 0 bridgehead atoms. The van der Waals surface area contributed by atoms with Gasteiger partial charge in [0.25, 0.3) is 0 Å². The van der Waals surface area contributed by atoms with Gasteiger partial charge in [-0.1, -0.05) is 23.7 Å². The van der Waals surface area contributed by atoms with Crippen LogP contribution in [0.2, 0.25) is 5.02 Å². The van der Waals surface area contributed by atoms with E-state index in [1.807, 2.05) is 18.2 Å². The minimum atomic E-state index is -0.100. The van der Waals surface area contributed by atoms with Crippen LogP contribution in [0.25, 0.3) is 0 Å². The number of nitrogens with zero attached hydrogens (tertiary/aromatic N) is 2. The zero-order valence-electron chi connectivity index (χ0n) is 12.4. The number of amides is 1. The molecule has 1 aliphatic heterocycles. The van der Waals surface area contributed by atoms with E-state index < -0.39 is 0 Å². The normalized spacial score (nSPS) is 17.6. The lowest BCUT2D eigenvalue weighted by molar-refractivity contribution is -0.121. The number of para-hydroxylation sites is 1. The number of rotatable bonds is 5. The highest BCUT2D eigenvalue weighted by atomic mass is 35.5. The van der Waals surface area contributed by atoms with Crippen molar-refractivity contribution in [2.75, 3.05) is 31.1 Å². The highest BCUT2D eigenvalue weighted by Gasteiger charge is 2.22. The number of halogens is 1. The Balaban J connectivity index is 1.83. The van der Waals surface area contributed by atoms with Crippen LogP contribution in [0.3, 0.4) is 0 Å². The van der Waals surface area contributed by atoms with Crippen molar-refractivity contribution in [2.24, 2.45) is 5.84 Å². The third-order valence-corrected chi connectivity index (χ3v) is 4.40. The first-order chi connectivity index (χ1) is 10.1. The molecule has 1 fully saturated rings. The van der Waals surface area contributed by atoms with Gasteiger partial charge in [-0.3, -0.25) is 15.1 Å². The van der Waals surface area contributed by atoms with Crippen LogP contribution in [0.5, 0.6) is 0 Å². The van der Waals surface area contributed by atoms with Gasteiger partial charge in [0.05, 0.1) is 10.7 Å². The maximum absolute atomic E-state index is 11.2. The van der Waals surface area contributed by atoms with E-state index in [0.29, 0.717) is 12.5 Å². The summed E-state index contributed by atoms with van der Waals surface area (Å²) in [7, 11) is 0. The van der Waals surface area contributed by atoms with Crippen molar-refractivity contribution >= 4 is 23.2 Å². The molecular weight excluding hydrogens is 288 g/mol. The summed E-state index contributed by atoms with van der Waals surface area (Å²) in [5.74, 6) is 5.00. The van der Waals surface area contributed by atoms with Gasteiger partial charge in [0.2, 0.25) is 5.91 Å². The molecule has 0 saturated carbocycles. The fourth-order valence-corrected chi connectivity index (χ4v) is 2.96. The molecule has 0 radical (unpaired) electrons. The number of carbonyl (C=O) groups excluding carboxylic acids is 1. The van der Waals surface area contributed by atoms with Gasteiger partial charge < -0.3 is 4.90 Å². The Morgan fingerprint density at radius 3 is 2.62 bits per heavy atom. The molecule has 1 aromatic rings. The number of piperazine rings is 1. The SMILES string of the molecule is CC(CCC(=O)NN)N1CCN(c2ccccc2Cl)CC1. The molecule has 1 heterocycles. The van der Waals surface area contributed by atoms with E-state index in [9.17, 15) is 4.79 Å². The summed E-state index contributed by atoms with van der Waals surface area (Å²) in [5.41, 5.74) is 3.28. The lowest BCUT2D eigenvalue weighted by atomic mass is 10.1. The first-order valence-corrected chi connectivity index (χ1v) is 7.72. The van der Waals surface area contributed by atoms with E-state index in [1.54, 1.807) is 0 Å². The van der Waals surface area contributed by atoms with Gasteiger partial charge in [0.1, 0.15) is 0 Å². The second-order valence-electron chi connectivity index (χ2n) is 5.43. The molecule has 5 nitrogen and oxygen atoms in total. The standard InChI is InChI=1S/C15H23ClN4O/c1-12(6-7-15(21)18-17)19-8-10-20(11-9-19)14-5-3-2-4-13(14)16/h2-5,12H,6-11,17H2,1H3,(H,18,21). The first-order valence-electron chi connectivity index (χ1n) is 7.35. The fourth-order valence-electron chi connectivity index (χ4n) is 2.71. The molecule has 1 atom stereocenters. The van der Waals surface area contributed by atoms with Gasteiger partial charge in [-0.25, -0.2) is 5.84 Å². The van der Waals surface area contributed by atoms with Crippen molar-refractivity contribution in [3.05, 3.63) is 29.3 Å². The average molecular weight is 311 g/mol. The number of hydrazine groups is 1. The van der Waals surface area contributed by atoms with Gasteiger partial charge in [-0.15, -0.1) is 0 Å². The molecule has 1 amide bonds. The van der Waals surface area contributed by atoms with Crippen molar-refractivity contribution in [2.45, 2.75) is 25.8 Å². The number of hydrogen-bond donors (Lipinski definition) is 2. The second-order valence-corrected chi connectivity index (χ2v) is 5.84. The molecule has 2 rings (SSSR count). The Morgan fingerprint density at radius 2 is 2.00 bits per heavy atom. The predicted octanol–water partition coefficient (Wildman–Crippen LogP) is 1.62. The van der Waals surface area contributed by atoms with E-state index in [1.165, 1.54) is 0 Å². The third kappa shape index (κ3) is 4.33. The van der Waals surface area contributed by atoms with Crippen molar-refractivity contribution in [3.8, 4) is 0 Å². The van der Waals surface area contributed by atoms with Gasteiger partial charge in [-0.05, 0) is 25.5 Å². The first kappa shape index (κ1) is 16.1. The Kier molecular flexibility index (Phi) is 5.85. The van der Waals surface area contributed by atoms with Crippen molar-refractivity contribution in [1.29, 1.82) is 0 Å². The van der Waals surface area contributed by atoms with Gasteiger partial charge >= 0.3 is 0 Å². The average Bonchev–Trinajstić information content (AvgIpc) is 2.53. The van der Waals surface area contributed by atoms with Crippen LogP contribution in [0.15, 0.2) is 24.3 Å². The summed E-state index contributed by atoms with van der Waals surface area (Å²) >= 11 is 6.25. The maximum Gasteiger partial charge on any atom is 0.233 e. The lowest BCUT2D eigenvalue weighted by Crippen LogP contribution is -2.50. The number of nitrogens with one attached hydrogen (secondary N) is 1. The smallest absolute Gasteiger partial charge is 0.233 e. The number of anilines is 1. The van der Waals surface area contributed by atoms with Crippen LogP contribution < -0.4 is 16.2 Å². The second kappa shape index (κ2) is 7.64. The van der Waals surface area contributed by atoms with E-state index >= 15 is 0 Å². The summed E-state index contributed by atoms with van der Waals surface area (Å²) < 4.78 is 0. The summed E-state index contributed by atoms with van der Waals surface area (Å²) in [5, 5.41) is 0.804. The highest BCUT2D eigenvalue weighted by Crippen LogP contribution is 2.26. The molecule has 6 heteroatoms. The van der Waals surface area contributed by atoms with Crippen LogP contribution in [0, 0.1) is 0 Å². The van der Waals surface area contributed by atoms with Crippen molar-refractivity contribution in [1.82, 2.24) is 10.3 Å². The minimum Gasteiger partial charge on any atom is -0.368 e. The topological polar surface area (TPSA) is 61.6 Å². The number of benzene rings is 1. The van der Waals surface area contributed by atoms with Crippen molar-refractivity contribution in [3.63, 3.8) is 0 Å². The Bertz CT molecular complexity index is 474. The molecule has 0 aromatic heterocycles. The molecule has 116 valence electrons. The summed E-state index contributed by atoms with van der Waals surface area (Å²) in [4.78, 5) is 15.9. The summed E-state index contributed by atoms with van der Waals surface area (Å²) in [6.45, 7) is 6.04. The monoisotopic (exact) mass is 310 g/mol. The van der Waals surface area contributed by atoms with Gasteiger partial charge in [0, 0.05) is 38.6 Å². The van der Waals surface area contributed by atoms with Crippen molar-refractivity contribution < 1.29 is 4.79 Å². The van der Waals surface area contributed by atoms with Gasteiger partial charge in [0.15, 0.2) is 0 Å². The molecule has 1 aliphatic rings. The zero-order chi connectivity index (χ0) is 15.2. The molecular formula is C15H23ClN4O. The number of hydrogen-bond acceptors (Lipinski definition) is 4. The Morgan fingerprint density at radius 1 is 1.33 bits per heavy atom. The Labute approximate surface area is 131 Å². The van der Waals surface area contributed by atoms with Crippen LogP contribution in [0.4, 0.5) is 5.69 Å². The van der Waals surface area contributed by atoms with Gasteiger partial charge in [-0.2, -0.15) is 0 Å². The largest absolute Gasteiger partial charge is 0.368 e. The molecule has 0 spiro atoms. The zero-order valence-corrected chi connectivity index (χ0v) is 13.1. The molecule has 21 heavy (non-hydrogen) atoms. The minimum absolute atomic E-state index is 0.100. The molecule has 1 unspecified atom stereocenters. The lowest BCUT2D eigenvalue weighted by Gasteiger charge is -2.39. The number of nitrogens with two attached hydrogens (primary N) is 1. The molecule has 1 saturated heterocycles. The quantitative estimate of drug-likeness (QED) is 0.493. The fraction of sp³-hybridized carbons (Fsp3) is 0.533. The van der Waals surface area contributed by atoms with Crippen LogP contribution in [-0.2, 0) is 4.79 Å². The predicted molar refractivity (Wildman–Crippen MR) is 86.3 cm³/mol. The highest BCUT2D eigenvalue weighted by molar-refractivity contribution is 6.33. The number of carbonyl (C=O) groups is 1. The van der Waals surface area contributed by atoms with E-state index in [2.05, 4.69) is 28.2 Å². The Hall–Kier alpha value is -1.30. The van der Waals surface area contributed by atoms with Crippen LogP contribution in [-0.4, -0.2) is 43.0 Å². The van der Waals surface area contributed by atoms with E-state index in [-0.39, 0.29) is 5.91 Å². The van der Waals surface area contributed by atoms with E-state index in [0.717, 1.165) is 43.3 Å². The summed E-state index contributed by atoms with van der Waals surface area (Å²) in [6.07, 6.45) is 1.30. The summed E-state index contributed by atoms with van der Waals surface area (Å²) in [6, 6.07) is 8.34. The molecule has 1 aromatic carbocycles. The third-order valence-electron chi connectivity index (χ3n) is 4.08.